The van der Waals surface area contributed by atoms with Gasteiger partial charge in [-0.25, -0.2) is 0 Å². The predicted octanol–water partition coefficient (Wildman–Crippen LogP) is 3.94. The van der Waals surface area contributed by atoms with E-state index in [0.29, 0.717) is 0 Å². The van der Waals surface area contributed by atoms with Crippen LogP contribution in [-0.4, -0.2) is 53.2 Å². The minimum Gasteiger partial charge on any atom is -0.508 e. The second-order valence-electron chi connectivity index (χ2n) is 7.97. The summed E-state index contributed by atoms with van der Waals surface area (Å²) >= 11 is 0. The van der Waals surface area contributed by atoms with E-state index in [1.807, 2.05) is 25.1 Å². The SMILES string of the molecule is COc1ccc2c(c1)c(/C=C1\Oc3cc(O)cc(O)c3C1=O)c(C)n2CCCN(C)C. The Morgan fingerprint density at radius 2 is 1.97 bits per heavy atom. The number of Topliss-reactive ketones (excluding diaryl/α,β-unsaturated/α-hetero) is 1. The lowest BCUT2D eigenvalue weighted by molar-refractivity contribution is 0.101. The maximum absolute atomic E-state index is 12.9. The molecule has 0 atom stereocenters. The standard InChI is InChI=1S/C24H26N2O5/c1-14-17(13-22-24(29)23-20(28)10-15(27)11-21(23)31-22)18-12-16(30-4)6-7-19(18)26(14)9-5-8-25(2)3/h6-7,10-13,27-28H,5,8-9H2,1-4H3/b22-13-. The van der Waals surface area contributed by atoms with Crippen LogP contribution in [0.2, 0.25) is 0 Å². The molecule has 31 heavy (non-hydrogen) atoms. The van der Waals surface area contributed by atoms with Gasteiger partial charge in [0.1, 0.15) is 28.6 Å². The molecular weight excluding hydrogens is 396 g/mol. The van der Waals surface area contributed by atoms with Crippen LogP contribution in [0.3, 0.4) is 0 Å². The van der Waals surface area contributed by atoms with E-state index in [1.165, 1.54) is 6.07 Å². The number of aromatic nitrogens is 1. The highest BCUT2D eigenvalue weighted by molar-refractivity contribution is 6.17. The zero-order chi connectivity index (χ0) is 22.3. The number of ether oxygens (including phenoxy) is 2. The van der Waals surface area contributed by atoms with Crippen LogP contribution in [0.25, 0.3) is 17.0 Å². The minimum atomic E-state index is -0.414. The van der Waals surface area contributed by atoms with E-state index in [9.17, 15) is 15.0 Å². The van der Waals surface area contributed by atoms with Crippen molar-refractivity contribution in [1.82, 2.24) is 9.47 Å². The fourth-order valence-corrected chi connectivity index (χ4v) is 4.04. The van der Waals surface area contributed by atoms with E-state index in [4.69, 9.17) is 9.47 Å². The number of hydrogen-bond acceptors (Lipinski definition) is 6. The van der Waals surface area contributed by atoms with E-state index >= 15 is 0 Å². The van der Waals surface area contributed by atoms with Crippen molar-refractivity contribution in [3.05, 3.63) is 52.9 Å². The smallest absolute Gasteiger partial charge is 0.235 e. The molecule has 0 fully saturated rings. The van der Waals surface area contributed by atoms with E-state index in [1.54, 1.807) is 13.2 Å². The number of rotatable bonds is 6. The van der Waals surface area contributed by atoms with Gasteiger partial charge < -0.3 is 29.2 Å². The Kier molecular flexibility index (Phi) is 5.37. The van der Waals surface area contributed by atoms with Gasteiger partial charge in [0.05, 0.1) is 7.11 Å². The Bertz CT molecular complexity index is 1210. The average molecular weight is 422 g/mol. The van der Waals surface area contributed by atoms with Crippen molar-refractivity contribution in [2.45, 2.75) is 19.9 Å². The zero-order valence-electron chi connectivity index (χ0n) is 18.1. The number of hydrogen-bond donors (Lipinski definition) is 2. The monoisotopic (exact) mass is 422 g/mol. The zero-order valence-corrected chi connectivity index (χ0v) is 18.1. The Hall–Kier alpha value is -3.45. The molecule has 0 aliphatic carbocycles. The Balaban J connectivity index is 1.81. The number of aromatic hydroxyl groups is 2. The third-order valence-electron chi connectivity index (χ3n) is 5.58. The lowest BCUT2D eigenvalue weighted by atomic mass is 10.1. The number of methoxy groups -OCH3 is 1. The molecule has 162 valence electrons. The Morgan fingerprint density at radius 1 is 1.19 bits per heavy atom. The molecule has 3 aromatic rings. The molecule has 1 aromatic heterocycles. The van der Waals surface area contributed by atoms with E-state index < -0.39 is 5.78 Å². The minimum absolute atomic E-state index is 0.0639. The second-order valence-corrected chi connectivity index (χ2v) is 7.97. The summed E-state index contributed by atoms with van der Waals surface area (Å²) in [6, 6.07) is 8.36. The Labute approximate surface area is 180 Å². The van der Waals surface area contributed by atoms with Gasteiger partial charge in [-0.3, -0.25) is 4.79 Å². The molecule has 0 amide bonds. The topological polar surface area (TPSA) is 84.2 Å². The van der Waals surface area contributed by atoms with Crippen LogP contribution in [0.1, 0.15) is 28.0 Å². The first-order valence-electron chi connectivity index (χ1n) is 10.1. The van der Waals surface area contributed by atoms with Crippen molar-refractivity contribution in [1.29, 1.82) is 0 Å². The van der Waals surface area contributed by atoms with Crippen LogP contribution >= 0.6 is 0 Å². The highest BCUT2D eigenvalue weighted by atomic mass is 16.5. The number of aryl methyl sites for hydroxylation is 1. The highest BCUT2D eigenvalue weighted by Crippen LogP contribution is 2.41. The molecule has 1 aliphatic rings. The van der Waals surface area contributed by atoms with Gasteiger partial charge in [-0.2, -0.15) is 0 Å². The van der Waals surface area contributed by atoms with Crippen molar-refractivity contribution in [3.63, 3.8) is 0 Å². The first kappa shape index (κ1) is 20.8. The van der Waals surface area contributed by atoms with E-state index in [2.05, 4.69) is 23.6 Å². The normalized spacial score (nSPS) is 14.5. The molecule has 7 nitrogen and oxygen atoms in total. The van der Waals surface area contributed by atoms with Gasteiger partial charge >= 0.3 is 0 Å². The molecule has 4 rings (SSSR count). The summed E-state index contributed by atoms with van der Waals surface area (Å²) in [6.07, 6.45) is 2.69. The third-order valence-corrected chi connectivity index (χ3v) is 5.58. The summed E-state index contributed by atoms with van der Waals surface area (Å²) in [5.74, 6) is 0.106. The fourth-order valence-electron chi connectivity index (χ4n) is 4.04. The maximum atomic E-state index is 12.9. The van der Waals surface area contributed by atoms with E-state index in [-0.39, 0.29) is 28.6 Å². The van der Waals surface area contributed by atoms with Crippen molar-refractivity contribution in [2.24, 2.45) is 0 Å². The quantitative estimate of drug-likeness (QED) is 0.586. The van der Waals surface area contributed by atoms with Gasteiger partial charge in [-0.05, 0) is 58.3 Å². The summed E-state index contributed by atoms with van der Waals surface area (Å²) in [6.45, 7) is 3.81. The summed E-state index contributed by atoms with van der Waals surface area (Å²) in [4.78, 5) is 15.0. The first-order valence-corrected chi connectivity index (χ1v) is 10.1. The molecule has 1 aliphatic heterocycles. The van der Waals surface area contributed by atoms with Crippen LogP contribution in [0.15, 0.2) is 36.1 Å². The number of fused-ring (bicyclic) bond motifs is 2. The maximum Gasteiger partial charge on any atom is 0.235 e. The average Bonchev–Trinajstić information content (AvgIpc) is 3.16. The number of ketones is 1. The van der Waals surface area contributed by atoms with E-state index in [0.717, 1.165) is 53.5 Å². The Morgan fingerprint density at radius 3 is 2.68 bits per heavy atom. The highest BCUT2D eigenvalue weighted by Gasteiger charge is 2.32. The predicted molar refractivity (Wildman–Crippen MR) is 119 cm³/mol. The molecule has 2 aromatic carbocycles. The van der Waals surface area contributed by atoms with Crippen molar-refractivity contribution in [2.75, 3.05) is 27.7 Å². The molecule has 0 bridgehead atoms. The van der Waals surface area contributed by atoms with Crippen LogP contribution in [-0.2, 0) is 6.54 Å². The van der Waals surface area contributed by atoms with Crippen LogP contribution in [0.4, 0.5) is 0 Å². The summed E-state index contributed by atoms with van der Waals surface area (Å²) < 4.78 is 13.4. The number of phenolic OH excluding ortho intramolecular Hbond substituents is 2. The van der Waals surface area contributed by atoms with Crippen LogP contribution < -0.4 is 9.47 Å². The van der Waals surface area contributed by atoms with Gasteiger partial charge in [0, 0.05) is 40.8 Å². The van der Waals surface area contributed by atoms with Crippen LogP contribution in [0.5, 0.6) is 23.0 Å². The van der Waals surface area contributed by atoms with Crippen molar-refractivity contribution >= 4 is 22.8 Å². The third kappa shape index (κ3) is 3.72. The molecule has 0 unspecified atom stereocenters. The molecule has 2 N–H and O–H groups in total. The lowest BCUT2D eigenvalue weighted by Gasteiger charge is -2.12. The van der Waals surface area contributed by atoms with Crippen LogP contribution in [0, 0.1) is 6.92 Å². The summed E-state index contributed by atoms with van der Waals surface area (Å²) in [5, 5.41) is 20.8. The number of allylic oxidation sites excluding steroid dienone is 1. The van der Waals surface area contributed by atoms with Crippen molar-refractivity contribution in [3.8, 4) is 23.0 Å². The molecule has 2 heterocycles. The largest absolute Gasteiger partial charge is 0.508 e. The molecule has 0 saturated heterocycles. The summed E-state index contributed by atoms with van der Waals surface area (Å²) in [7, 11) is 5.72. The van der Waals surface area contributed by atoms with Gasteiger partial charge in [0.15, 0.2) is 5.76 Å². The fraction of sp³-hybridized carbons (Fsp3) is 0.292. The van der Waals surface area contributed by atoms with Gasteiger partial charge in [-0.1, -0.05) is 0 Å². The molecule has 0 saturated carbocycles. The summed E-state index contributed by atoms with van der Waals surface area (Å²) in [5.41, 5.74) is 2.98. The second kappa shape index (κ2) is 8.00. The van der Waals surface area contributed by atoms with Crippen molar-refractivity contribution < 1.29 is 24.5 Å². The molecular formula is C24H26N2O5. The molecule has 7 heteroatoms. The number of carbonyl (C=O) groups excluding carboxylic acids is 1. The number of carbonyl (C=O) groups is 1. The lowest BCUT2D eigenvalue weighted by Crippen LogP contribution is -2.15. The first-order chi connectivity index (χ1) is 14.8. The molecule has 0 spiro atoms. The van der Waals surface area contributed by atoms with Gasteiger partial charge in [-0.15, -0.1) is 0 Å². The number of nitrogens with zero attached hydrogens (tertiary/aromatic N) is 2. The van der Waals surface area contributed by atoms with Gasteiger partial charge in [0.2, 0.25) is 5.78 Å². The number of phenols is 2. The number of benzene rings is 2. The molecule has 0 radical (unpaired) electrons. The van der Waals surface area contributed by atoms with Gasteiger partial charge in [0.25, 0.3) is 0 Å².